The number of carbonyl (C=O) groups is 2. The molecule has 3 aromatic rings. The predicted octanol–water partition coefficient (Wildman–Crippen LogP) is 1.54. The van der Waals surface area contributed by atoms with Crippen LogP contribution in [0.1, 0.15) is 15.9 Å². The third-order valence-corrected chi connectivity index (χ3v) is 4.42. The number of hydrogen-bond acceptors (Lipinski definition) is 6. The number of fused-ring (bicyclic) bond motifs is 1. The third kappa shape index (κ3) is 3.72. The van der Waals surface area contributed by atoms with Crippen molar-refractivity contribution < 1.29 is 19.8 Å². The summed E-state index contributed by atoms with van der Waals surface area (Å²) in [5, 5.41) is 25.8. The van der Waals surface area contributed by atoms with Gasteiger partial charge in [0.1, 0.15) is 29.2 Å². The Balaban J connectivity index is 1.90. The average Bonchev–Trinajstić information content (AvgIpc) is 3.08. The van der Waals surface area contributed by atoms with E-state index in [1.807, 2.05) is 30.3 Å². The van der Waals surface area contributed by atoms with Gasteiger partial charge in [0.25, 0.3) is 5.91 Å². The fourth-order valence-corrected chi connectivity index (χ4v) is 3.19. The molecule has 9 heteroatoms. The van der Waals surface area contributed by atoms with Crippen molar-refractivity contribution in [1.82, 2.24) is 19.9 Å². The van der Waals surface area contributed by atoms with Crippen LogP contribution in [0.4, 0.5) is 0 Å². The first-order chi connectivity index (χ1) is 12.1. The maximum absolute atomic E-state index is 12.2. The fourth-order valence-electron chi connectivity index (χ4n) is 2.23. The van der Waals surface area contributed by atoms with E-state index in [4.69, 9.17) is 5.11 Å². The van der Waals surface area contributed by atoms with Gasteiger partial charge in [0, 0.05) is 11.8 Å². The van der Waals surface area contributed by atoms with Crippen molar-refractivity contribution in [3.8, 4) is 5.75 Å². The molecule has 1 amide bonds. The molecule has 0 radical (unpaired) electrons. The number of aliphatic carboxylic acids is 1. The van der Waals surface area contributed by atoms with Gasteiger partial charge in [0.2, 0.25) is 0 Å². The molecule has 128 valence electrons. The lowest BCUT2D eigenvalue weighted by atomic mass is 10.2. The second-order valence-electron chi connectivity index (χ2n) is 5.09. The molecule has 3 rings (SSSR count). The second-order valence-corrected chi connectivity index (χ2v) is 6.08. The van der Waals surface area contributed by atoms with Crippen molar-refractivity contribution in [3.63, 3.8) is 0 Å². The van der Waals surface area contributed by atoms with Crippen LogP contribution in [-0.4, -0.2) is 43.2 Å². The second kappa shape index (κ2) is 7.22. The van der Waals surface area contributed by atoms with Crippen LogP contribution in [0.5, 0.6) is 5.75 Å². The zero-order chi connectivity index (χ0) is 17.8. The number of hydrogen-bond donors (Lipinski definition) is 3. The molecule has 0 aliphatic rings. The van der Waals surface area contributed by atoms with E-state index in [1.54, 1.807) is 0 Å². The number of nitrogens with one attached hydrogen (secondary N) is 1. The highest BCUT2D eigenvalue weighted by Crippen LogP contribution is 2.30. The fraction of sp³-hybridized carbons (Fsp3) is 0.125. The standard InChI is InChI=1S/C16H14N4O4S/c21-11-6-12(25-8-10-4-2-1-3-5-10)20-15(18-9-19-20)14(11)16(24)17-7-13(22)23/h1-6,9,21H,7-8H2,(H,17,24)(H,22,23). The van der Waals surface area contributed by atoms with E-state index in [0.29, 0.717) is 10.8 Å². The van der Waals surface area contributed by atoms with Gasteiger partial charge in [-0.1, -0.05) is 30.3 Å². The Labute approximate surface area is 146 Å². The summed E-state index contributed by atoms with van der Waals surface area (Å²) in [7, 11) is 0. The van der Waals surface area contributed by atoms with Crippen LogP contribution in [0.25, 0.3) is 5.65 Å². The number of carboxylic acid groups (broad SMARTS) is 1. The van der Waals surface area contributed by atoms with E-state index in [9.17, 15) is 14.7 Å². The first-order valence-corrected chi connectivity index (χ1v) is 8.27. The lowest BCUT2D eigenvalue weighted by Crippen LogP contribution is -2.29. The molecule has 0 unspecified atom stereocenters. The van der Waals surface area contributed by atoms with Gasteiger partial charge in [0.15, 0.2) is 5.65 Å². The molecular weight excluding hydrogens is 344 g/mol. The minimum atomic E-state index is -1.18. The third-order valence-electron chi connectivity index (χ3n) is 3.35. The van der Waals surface area contributed by atoms with Crippen molar-refractivity contribution >= 4 is 29.3 Å². The van der Waals surface area contributed by atoms with E-state index in [-0.39, 0.29) is 17.0 Å². The Morgan fingerprint density at radius 2 is 2.00 bits per heavy atom. The molecule has 0 saturated carbocycles. The lowest BCUT2D eigenvalue weighted by Gasteiger charge is -2.10. The zero-order valence-corrected chi connectivity index (χ0v) is 13.7. The molecule has 0 bridgehead atoms. The van der Waals surface area contributed by atoms with Crippen molar-refractivity contribution in [2.75, 3.05) is 6.54 Å². The summed E-state index contributed by atoms with van der Waals surface area (Å²) >= 11 is 1.44. The highest BCUT2D eigenvalue weighted by molar-refractivity contribution is 7.98. The Morgan fingerprint density at radius 1 is 1.24 bits per heavy atom. The summed E-state index contributed by atoms with van der Waals surface area (Å²) in [4.78, 5) is 26.8. The Hall–Kier alpha value is -3.07. The molecule has 3 N–H and O–H groups in total. The Bertz CT molecular complexity index is 927. The maximum atomic E-state index is 12.2. The molecule has 2 heterocycles. The minimum Gasteiger partial charge on any atom is -0.507 e. The number of thioether (sulfide) groups is 1. The van der Waals surface area contributed by atoms with Crippen molar-refractivity contribution in [1.29, 1.82) is 0 Å². The molecule has 0 atom stereocenters. The number of carbonyl (C=O) groups excluding carboxylic acids is 1. The van der Waals surface area contributed by atoms with E-state index in [2.05, 4.69) is 15.4 Å². The number of amides is 1. The largest absolute Gasteiger partial charge is 0.507 e. The number of carboxylic acids is 1. The summed E-state index contributed by atoms with van der Waals surface area (Å²) in [5.74, 6) is -1.53. The predicted molar refractivity (Wildman–Crippen MR) is 90.6 cm³/mol. The van der Waals surface area contributed by atoms with Crippen LogP contribution in [0.2, 0.25) is 0 Å². The Kier molecular flexibility index (Phi) is 4.85. The van der Waals surface area contributed by atoms with Crippen molar-refractivity contribution in [2.45, 2.75) is 10.8 Å². The van der Waals surface area contributed by atoms with Gasteiger partial charge in [-0.3, -0.25) is 9.59 Å². The van der Waals surface area contributed by atoms with Gasteiger partial charge in [-0.25, -0.2) is 9.50 Å². The summed E-state index contributed by atoms with van der Waals surface area (Å²) in [6, 6.07) is 11.2. The normalized spacial score (nSPS) is 10.7. The van der Waals surface area contributed by atoms with E-state index < -0.39 is 18.4 Å². The number of aromatic nitrogens is 3. The molecule has 1 aromatic carbocycles. The molecule has 0 saturated heterocycles. The van der Waals surface area contributed by atoms with Crippen LogP contribution in [-0.2, 0) is 10.5 Å². The van der Waals surface area contributed by atoms with Crippen molar-refractivity contribution in [2.24, 2.45) is 0 Å². The maximum Gasteiger partial charge on any atom is 0.322 e. The zero-order valence-electron chi connectivity index (χ0n) is 12.9. The molecule has 8 nitrogen and oxygen atoms in total. The number of rotatable bonds is 6. The van der Waals surface area contributed by atoms with Gasteiger partial charge >= 0.3 is 5.97 Å². The molecule has 0 aliphatic carbocycles. The summed E-state index contributed by atoms with van der Waals surface area (Å²) in [5.41, 5.74) is 1.16. The molecule has 0 fully saturated rings. The monoisotopic (exact) mass is 358 g/mol. The van der Waals surface area contributed by atoms with Gasteiger partial charge < -0.3 is 15.5 Å². The molecule has 0 spiro atoms. The molecule has 25 heavy (non-hydrogen) atoms. The molecular formula is C16H14N4O4S. The number of pyridine rings is 1. The molecule has 0 aliphatic heterocycles. The van der Waals surface area contributed by atoms with Gasteiger partial charge in [-0.05, 0) is 5.56 Å². The minimum absolute atomic E-state index is 0.109. The van der Waals surface area contributed by atoms with Crippen LogP contribution in [0.3, 0.4) is 0 Å². The highest BCUT2D eigenvalue weighted by Gasteiger charge is 2.21. The van der Waals surface area contributed by atoms with Crippen LogP contribution in [0, 0.1) is 0 Å². The first-order valence-electron chi connectivity index (χ1n) is 7.28. The van der Waals surface area contributed by atoms with Gasteiger partial charge in [0.05, 0.1) is 0 Å². The quantitative estimate of drug-likeness (QED) is 0.572. The number of nitrogens with zero attached hydrogens (tertiary/aromatic N) is 3. The van der Waals surface area contributed by atoms with E-state index in [0.717, 1.165) is 5.56 Å². The topological polar surface area (TPSA) is 117 Å². The highest BCUT2D eigenvalue weighted by atomic mass is 32.2. The van der Waals surface area contributed by atoms with Crippen LogP contribution >= 0.6 is 11.8 Å². The van der Waals surface area contributed by atoms with E-state index in [1.165, 1.54) is 28.7 Å². The lowest BCUT2D eigenvalue weighted by molar-refractivity contribution is -0.135. The van der Waals surface area contributed by atoms with Crippen LogP contribution in [0.15, 0.2) is 47.8 Å². The first kappa shape index (κ1) is 16.8. The molecule has 2 aromatic heterocycles. The van der Waals surface area contributed by atoms with Gasteiger partial charge in [-0.15, -0.1) is 11.8 Å². The smallest absolute Gasteiger partial charge is 0.322 e. The van der Waals surface area contributed by atoms with Gasteiger partial charge in [-0.2, -0.15) is 5.10 Å². The summed E-state index contributed by atoms with van der Waals surface area (Å²) < 4.78 is 1.45. The van der Waals surface area contributed by atoms with E-state index >= 15 is 0 Å². The number of aromatic hydroxyl groups is 1. The van der Waals surface area contributed by atoms with Crippen molar-refractivity contribution in [3.05, 3.63) is 53.9 Å². The average molecular weight is 358 g/mol. The summed E-state index contributed by atoms with van der Waals surface area (Å²) in [6.07, 6.45) is 1.27. The van der Waals surface area contributed by atoms with Crippen LogP contribution < -0.4 is 5.32 Å². The SMILES string of the molecule is O=C(O)CNC(=O)c1c(O)cc(SCc2ccccc2)n2ncnc12. The number of benzene rings is 1. The summed E-state index contributed by atoms with van der Waals surface area (Å²) in [6.45, 7) is -0.553. The Morgan fingerprint density at radius 3 is 2.72 bits per heavy atom.